The quantitative estimate of drug-likeness (QED) is 0.635. The Hall–Kier alpha value is -1.44. The van der Waals surface area contributed by atoms with Gasteiger partial charge in [0.2, 0.25) is 15.9 Å². The summed E-state index contributed by atoms with van der Waals surface area (Å²) in [5.74, 6) is -0.0179. The number of sulfonamides is 1. The largest absolute Gasteiger partial charge is 0.335 e. The number of aryl methyl sites for hydroxylation is 1. The number of benzene rings is 1. The van der Waals surface area contributed by atoms with E-state index in [1.54, 1.807) is 23.1 Å². The van der Waals surface area contributed by atoms with E-state index in [1.165, 1.54) is 25.9 Å². The number of nitrogens with one attached hydrogen (secondary N) is 3. The molecule has 0 atom stereocenters. The third-order valence-electron chi connectivity index (χ3n) is 4.59. The second-order valence-corrected chi connectivity index (χ2v) is 8.09. The Balaban J connectivity index is 1.57. The number of anilines is 1. The Morgan fingerprint density at radius 1 is 1.17 bits per heavy atom. The average Bonchev–Trinajstić information content (AvgIpc) is 3.04. The van der Waals surface area contributed by atoms with Crippen molar-refractivity contribution in [3.8, 4) is 0 Å². The topological polar surface area (TPSA) is 79.7 Å². The van der Waals surface area contributed by atoms with Crippen LogP contribution >= 0.6 is 0 Å². The predicted octanol–water partition coefficient (Wildman–Crippen LogP) is -0.0816. The monoisotopic (exact) mass is 338 g/mol. The summed E-state index contributed by atoms with van der Waals surface area (Å²) in [6.07, 6.45) is 4.42. The average molecular weight is 338 g/mol. The number of hydrogen-bond acceptors (Lipinski definition) is 3. The van der Waals surface area contributed by atoms with Gasteiger partial charge in [-0.1, -0.05) is 0 Å². The van der Waals surface area contributed by atoms with E-state index in [4.69, 9.17) is 0 Å². The fourth-order valence-corrected chi connectivity index (χ4v) is 4.40. The molecule has 1 aromatic carbocycles. The SMILES string of the molecule is O=C1CCc2cc(S(=O)(=O)NCCC[NH+]3CCCC3)ccc2N1. The summed E-state index contributed by atoms with van der Waals surface area (Å²) >= 11 is 0. The molecule has 0 aromatic heterocycles. The molecule has 2 aliphatic heterocycles. The van der Waals surface area contributed by atoms with E-state index >= 15 is 0 Å². The molecule has 0 radical (unpaired) electrons. The highest BCUT2D eigenvalue weighted by Gasteiger charge is 2.20. The predicted molar refractivity (Wildman–Crippen MR) is 88.0 cm³/mol. The minimum Gasteiger partial charge on any atom is -0.335 e. The molecule has 6 nitrogen and oxygen atoms in total. The van der Waals surface area contributed by atoms with Crippen LogP contribution in [0.3, 0.4) is 0 Å². The zero-order chi connectivity index (χ0) is 16.3. The van der Waals surface area contributed by atoms with Gasteiger partial charge in [-0.3, -0.25) is 4.79 Å². The van der Waals surface area contributed by atoms with Gasteiger partial charge in [0, 0.05) is 37.9 Å². The Morgan fingerprint density at radius 3 is 2.74 bits per heavy atom. The van der Waals surface area contributed by atoms with Crippen LogP contribution < -0.4 is 14.9 Å². The summed E-state index contributed by atoms with van der Waals surface area (Å²) in [6, 6.07) is 4.90. The summed E-state index contributed by atoms with van der Waals surface area (Å²) < 4.78 is 27.4. The second kappa shape index (κ2) is 6.98. The first-order chi connectivity index (χ1) is 11.0. The van der Waals surface area contributed by atoms with E-state index in [2.05, 4.69) is 10.0 Å². The molecule has 1 saturated heterocycles. The van der Waals surface area contributed by atoms with Crippen molar-refractivity contribution in [3.05, 3.63) is 23.8 Å². The van der Waals surface area contributed by atoms with E-state index in [9.17, 15) is 13.2 Å². The number of amides is 1. The Labute approximate surface area is 137 Å². The molecule has 0 bridgehead atoms. The molecule has 0 saturated carbocycles. The van der Waals surface area contributed by atoms with Crippen LogP contribution in [0.1, 0.15) is 31.2 Å². The van der Waals surface area contributed by atoms with Gasteiger partial charge in [0.1, 0.15) is 0 Å². The van der Waals surface area contributed by atoms with Gasteiger partial charge in [0.15, 0.2) is 0 Å². The van der Waals surface area contributed by atoms with E-state index in [0.29, 0.717) is 19.4 Å². The van der Waals surface area contributed by atoms with Crippen LogP contribution in [-0.4, -0.2) is 40.5 Å². The van der Waals surface area contributed by atoms with Crippen LogP contribution in [0.5, 0.6) is 0 Å². The molecule has 1 fully saturated rings. The lowest BCUT2D eigenvalue weighted by Crippen LogP contribution is -3.10. The minimum absolute atomic E-state index is 0.0179. The number of carbonyl (C=O) groups excluding carboxylic acids is 1. The van der Waals surface area contributed by atoms with Crippen molar-refractivity contribution in [2.75, 3.05) is 31.5 Å². The third kappa shape index (κ3) is 4.10. The Morgan fingerprint density at radius 2 is 1.96 bits per heavy atom. The fourth-order valence-electron chi connectivity index (χ4n) is 3.28. The van der Waals surface area contributed by atoms with E-state index in [-0.39, 0.29) is 10.8 Å². The van der Waals surface area contributed by atoms with Gasteiger partial charge in [0.05, 0.1) is 24.5 Å². The lowest BCUT2D eigenvalue weighted by atomic mass is 10.0. The highest BCUT2D eigenvalue weighted by Crippen LogP contribution is 2.25. The lowest BCUT2D eigenvalue weighted by molar-refractivity contribution is -0.887. The summed E-state index contributed by atoms with van der Waals surface area (Å²) in [7, 11) is -3.48. The highest BCUT2D eigenvalue weighted by molar-refractivity contribution is 7.89. The molecular formula is C16H24N3O3S+. The first-order valence-corrected chi connectivity index (χ1v) is 9.79. The third-order valence-corrected chi connectivity index (χ3v) is 6.05. The van der Waals surface area contributed by atoms with Crippen molar-refractivity contribution in [2.24, 2.45) is 0 Å². The van der Waals surface area contributed by atoms with Crippen molar-refractivity contribution in [2.45, 2.75) is 37.0 Å². The number of hydrogen-bond donors (Lipinski definition) is 3. The molecule has 126 valence electrons. The fraction of sp³-hybridized carbons (Fsp3) is 0.562. The van der Waals surface area contributed by atoms with Crippen LogP contribution in [0.2, 0.25) is 0 Å². The summed E-state index contributed by atoms with van der Waals surface area (Å²) in [5, 5.41) is 2.77. The number of likely N-dealkylation sites (tertiary alicyclic amines) is 1. The maximum absolute atomic E-state index is 12.4. The first-order valence-electron chi connectivity index (χ1n) is 8.31. The van der Waals surface area contributed by atoms with Gasteiger partial charge in [0.25, 0.3) is 0 Å². The summed E-state index contributed by atoms with van der Waals surface area (Å²) in [6.45, 7) is 3.92. The lowest BCUT2D eigenvalue weighted by Gasteiger charge is -2.17. The van der Waals surface area contributed by atoms with Gasteiger partial charge >= 0.3 is 0 Å². The molecule has 1 aromatic rings. The molecule has 1 amide bonds. The van der Waals surface area contributed by atoms with Gasteiger partial charge in [-0.25, -0.2) is 13.1 Å². The molecule has 0 unspecified atom stereocenters. The molecule has 3 N–H and O–H groups in total. The summed E-state index contributed by atoms with van der Waals surface area (Å²) in [4.78, 5) is 13.2. The number of fused-ring (bicyclic) bond motifs is 1. The molecule has 3 rings (SSSR count). The molecule has 2 heterocycles. The maximum Gasteiger partial charge on any atom is 0.240 e. The van der Waals surface area contributed by atoms with Crippen molar-refractivity contribution < 1.29 is 18.1 Å². The van der Waals surface area contributed by atoms with Crippen LogP contribution in [-0.2, 0) is 21.2 Å². The zero-order valence-electron chi connectivity index (χ0n) is 13.2. The number of carbonyl (C=O) groups is 1. The minimum atomic E-state index is -3.48. The van der Waals surface area contributed by atoms with Crippen molar-refractivity contribution >= 4 is 21.6 Å². The standard InChI is InChI=1S/C16H23N3O3S/c20-16-7-4-13-12-14(5-6-15(13)18-16)23(21,22)17-8-3-11-19-9-1-2-10-19/h5-6,12,17H,1-4,7-11H2,(H,18,20)/p+1. The normalized spacial score (nSPS) is 18.7. The molecule has 0 aliphatic carbocycles. The Kier molecular flexibility index (Phi) is 4.99. The van der Waals surface area contributed by atoms with E-state index < -0.39 is 10.0 Å². The molecule has 2 aliphatic rings. The zero-order valence-corrected chi connectivity index (χ0v) is 14.0. The Bertz CT molecular complexity index is 682. The van der Waals surface area contributed by atoms with Crippen molar-refractivity contribution in [1.82, 2.24) is 4.72 Å². The van der Waals surface area contributed by atoms with Gasteiger partial charge in [-0.2, -0.15) is 0 Å². The number of rotatable bonds is 6. The van der Waals surface area contributed by atoms with Gasteiger partial charge in [-0.15, -0.1) is 0 Å². The maximum atomic E-state index is 12.4. The molecule has 0 spiro atoms. The molecular weight excluding hydrogens is 314 g/mol. The van der Waals surface area contributed by atoms with E-state index in [0.717, 1.165) is 24.2 Å². The van der Waals surface area contributed by atoms with Crippen molar-refractivity contribution in [3.63, 3.8) is 0 Å². The van der Waals surface area contributed by atoms with Gasteiger partial charge < -0.3 is 10.2 Å². The second-order valence-electron chi connectivity index (χ2n) is 6.33. The van der Waals surface area contributed by atoms with Crippen LogP contribution in [0.4, 0.5) is 5.69 Å². The van der Waals surface area contributed by atoms with E-state index in [1.807, 2.05) is 0 Å². The van der Waals surface area contributed by atoms with Crippen LogP contribution in [0.25, 0.3) is 0 Å². The van der Waals surface area contributed by atoms with Crippen LogP contribution in [0, 0.1) is 0 Å². The number of quaternary nitrogens is 1. The van der Waals surface area contributed by atoms with Crippen LogP contribution in [0.15, 0.2) is 23.1 Å². The first kappa shape index (κ1) is 16.4. The highest BCUT2D eigenvalue weighted by atomic mass is 32.2. The molecule has 7 heteroatoms. The van der Waals surface area contributed by atoms with Crippen molar-refractivity contribution in [1.29, 1.82) is 0 Å². The van der Waals surface area contributed by atoms with Gasteiger partial charge in [-0.05, 0) is 30.2 Å². The summed E-state index contributed by atoms with van der Waals surface area (Å²) in [5.41, 5.74) is 1.60. The smallest absolute Gasteiger partial charge is 0.240 e. The molecule has 23 heavy (non-hydrogen) atoms.